The highest BCUT2D eigenvalue weighted by Crippen LogP contribution is 2.24. The number of aromatic nitrogens is 4. The second-order valence-corrected chi connectivity index (χ2v) is 5.33. The third kappa shape index (κ3) is 2.43. The van der Waals surface area contributed by atoms with E-state index >= 15 is 0 Å². The van der Waals surface area contributed by atoms with E-state index in [-0.39, 0.29) is 21.5 Å². The molecule has 0 radical (unpaired) electrons. The molecular formula is C16H10N4O5. The van der Waals surface area contributed by atoms with Crippen LogP contribution in [0, 0.1) is 0 Å². The van der Waals surface area contributed by atoms with E-state index in [1.807, 2.05) is 0 Å². The molecule has 0 fully saturated rings. The summed E-state index contributed by atoms with van der Waals surface area (Å²) in [5.74, 6) is 0.619. The lowest BCUT2D eigenvalue weighted by Gasteiger charge is -2.07. The smallest absolute Gasteiger partial charge is 0.270 e. The van der Waals surface area contributed by atoms with Crippen LogP contribution in [-0.2, 0) is 0 Å². The molecule has 0 atom stereocenters. The molecule has 0 bridgehead atoms. The minimum atomic E-state index is -0.457. The number of H-pyrrole nitrogens is 4. The molecule has 0 unspecified atom stereocenters. The first-order valence-corrected chi connectivity index (χ1v) is 7.20. The molecule has 2 heterocycles. The van der Waals surface area contributed by atoms with Crippen LogP contribution in [0.5, 0.6) is 11.5 Å². The molecular weight excluding hydrogens is 328 g/mol. The molecule has 0 aliphatic heterocycles. The number of nitrogens with one attached hydrogen (secondary N) is 4. The third-order valence-corrected chi connectivity index (χ3v) is 3.78. The summed E-state index contributed by atoms with van der Waals surface area (Å²) < 4.78 is 5.65. The molecule has 0 amide bonds. The number of rotatable bonds is 2. The number of hydrogen-bond acceptors (Lipinski definition) is 5. The average Bonchev–Trinajstić information content (AvgIpc) is 2.62. The van der Waals surface area contributed by atoms with E-state index in [1.54, 1.807) is 0 Å². The summed E-state index contributed by atoms with van der Waals surface area (Å²) in [6.07, 6.45) is 0. The fraction of sp³-hybridized carbons (Fsp3) is 0. The van der Waals surface area contributed by atoms with Crippen LogP contribution in [0.1, 0.15) is 0 Å². The van der Waals surface area contributed by atoms with Crippen LogP contribution < -0.4 is 27.0 Å². The predicted octanol–water partition coefficient (Wildman–Crippen LogP) is 0.538. The van der Waals surface area contributed by atoms with Crippen LogP contribution in [0.3, 0.4) is 0 Å². The van der Waals surface area contributed by atoms with Crippen molar-refractivity contribution in [3.8, 4) is 11.5 Å². The van der Waals surface area contributed by atoms with E-state index in [9.17, 15) is 19.2 Å². The van der Waals surface area contributed by atoms with E-state index < -0.39 is 22.2 Å². The van der Waals surface area contributed by atoms with E-state index in [1.165, 1.54) is 36.4 Å². The molecule has 2 aromatic heterocycles. The Morgan fingerprint density at radius 1 is 0.520 bits per heavy atom. The van der Waals surface area contributed by atoms with Gasteiger partial charge in [0.25, 0.3) is 22.2 Å². The van der Waals surface area contributed by atoms with Gasteiger partial charge in [0.15, 0.2) is 0 Å². The Kier molecular flexibility index (Phi) is 3.14. The summed E-state index contributed by atoms with van der Waals surface area (Å²) >= 11 is 0. The maximum Gasteiger partial charge on any atom is 0.270 e. The Bertz CT molecular complexity index is 1250. The lowest BCUT2D eigenvalue weighted by molar-refractivity contribution is 0.484. The van der Waals surface area contributed by atoms with Crippen molar-refractivity contribution in [1.82, 2.24) is 20.4 Å². The van der Waals surface area contributed by atoms with Crippen LogP contribution in [0.25, 0.3) is 21.5 Å². The molecule has 25 heavy (non-hydrogen) atoms. The maximum absolute atomic E-state index is 11.8. The van der Waals surface area contributed by atoms with Crippen molar-refractivity contribution in [2.75, 3.05) is 0 Å². The first-order valence-electron chi connectivity index (χ1n) is 7.20. The van der Waals surface area contributed by atoms with E-state index in [2.05, 4.69) is 20.4 Å². The van der Waals surface area contributed by atoms with Crippen LogP contribution in [0.15, 0.2) is 55.6 Å². The summed E-state index contributed by atoms with van der Waals surface area (Å²) in [5.41, 5.74) is -1.75. The van der Waals surface area contributed by atoms with Crippen molar-refractivity contribution in [2.24, 2.45) is 0 Å². The Morgan fingerprint density at radius 2 is 0.880 bits per heavy atom. The molecule has 124 valence electrons. The van der Waals surface area contributed by atoms with Crippen LogP contribution >= 0.6 is 0 Å². The summed E-state index contributed by atoms with van der Waals surface area (Å²) in [6.45, 7) is 0. The van der Waals surface area contributed by atoms with Crippen molar-refractivity contribution < 1.29 is 4.74 Å². The lowest BCUT2D eigenvalue weighted by atomic mass is 10.2. The lowest BCUT2D eigenvalue weighted by Crippen LogP contribution is -2.19. The molecule has 9 heteroatoms. The van der Waals surface area contributed by atoms with Gasteiger partial charge in [-0.2, -0.15) is 0 Å². The maximum atomic E-state index is 11.8. The quantitative estimate of drug-likeness (QED) is 0.422. The number of hydrogen-bond donors (Lipinski definition) is 4. The number of benzene rings is 2. The van der Waals surface area contributed by atoms with Gasteiger partial charge in [0.2, 0.25) is 0 Å². The highest BCUT2D eigenvalue weighted by molar-refractivity contribution is 5.83. The first kappa shape index (κ1) is 14.7. The number of ether oxygens (including phenoxy) is 1. The largest absolute Gasteiger partial charge is 0.457 e. The zero-order valence-corrected chi connectivity index (χ0v) is 12.5. The van der Waals surface area contributed by atoms with Gasteiger partial charge < -0.3 is 4.74 Å². The molecule has 0 aliphatic rings. The van der Waals surface area contributed by atoms with E-state index in [0.717, 1.165) is 0 Å². The van der Waals surface area contributed by atoms with Gasteiger partial charge in [-0.05, 0) is 36.4 Å². The second-order valence-electron chi connectivity index (χ2n) is 5.33. The first-order chi connectivity index (χ1) is 12.0. The molecule has 0 spiro atoms. The van der Waals surface area contributed by atoms with Crippen molar-refractivity contribution in [2.45, 2.75) is 0 Å². The Balaban J connectivity index is 1.83. The Morgan fingerprint density at radius 3 is 1.28 bits per heavy atom. The van der Waals surface area contributed by atoms with Crippen LogP contribution in [-0.4, -0.2) is 20.4 Å². The molecule has 2 aromatic carbocycles. The summed E-state index contributed by atoms with van der Waals surface area (Å²) in [5, 5.41) is 9.78. The van der Waals surface area contributed by atoms with Gasteiger partial charge >= 0.3 is 0 Å². The van der Waals surface area contributed by atoms with Gasteiger partial charge in [-0.3, -0.25) is 39.6 Å². The number of aromatic amines is 4. The molecule has 0 saturated heterocycles. The van der Waals surface area contributed by atoms with Gasteiger partial charge in [-0.15, -0.1) is 0 Å². The van der Waals surface area contributed by atoms with Crippen molar-refractivity contribution in [1.29, 1.82) is 0 Å². The number of fused-ring (bicyclic) bond motifs is 2. The second kappa shape index (κ2) is 5.34. The van der Waals surface area contributed by atoms with Gasteiger partial charge in [-0.1, -0.05) is 0 Å². The van der Waals surface area contributed by atoms with Crippen LogP contribution in [0.2, 0.25) is 0 Å². The molecule has 0 aliphatic carbocycles. The monoisotopic (exact) mass is 338 g/mol. The standard InChI is InChI=1S/C16H10N4O5/c21-13-9-3-1-7(5-11(9)15(23)19-17-13)25-8-2-4-10-12(6-8)16(24)20-18-14(10)22/h1-6H,(H,17,21)(H,18,22)(H,19,23)(H,20,24). The predicted molar refractivity (Wildman–Crippen MR) is 90.5 cm³/mol. The zero-order valence-electron chi connectivity index (χ0n) is 12.5. The highest BCUT2D eigenvalue weighted by Gasteiger charge is 2.08. The van der Waals surface area contributed by atoms with E-state index in [0.29, 0.717) is 11.5 Å². The van der Waals surface area contributed by atoms with Gasteiger partial charge in [-0.25, -0.2) is 0 Å². The minimum absolute atomic E-state index is 0.177. The van der Waals surface area contributed by atoms with Gasteiger partial charge in [0.05, 0.1) is 21.5 Å². The van der Waals surface area contributed by atoms with Crippen molar-refractivity contribution in [3.63, 3.8) is 0 Å². The summed E-state index contributed by atoms with van der Waals surface area (Å²) in [7, 11) is 0. The zero-order chi connectivity index (χ0) is 17.6. The van der Waals surface area contributed by atoms with Crippen LogP contribution in [0.4, 0.5) is 0 Å². The third-order valence-electron chi connectivity index (χ3n) is 3.78. The molecule has 4 N–H and O–H groups in total. The van der Waals surface area contributed by atoms with Crippen molar-refractivity contribution >= 4 is 21.5 Å². The van der Waals surface area contributed by atoms with Crippen molar-refractivity contribution in [3.05, 3.63) is 77.8 Å². The Labute approximate surface area is 136 Å². The average molecular weight is 338 g/mol. The summed E-state index contributed by atoms with van der Waals surface area (Å²) in [4.78, 5) is 47.0. The van der Waals surface area contributed by atoms with E-state index in [4.69, 9.17) is 4.74 Å². The molecule has 4 aromatic rings. The molecule has 0 saturated carbocycles. The molecule has 9 nitrogen and oxygen atoms in total. The minimum Gasteiger partial charge on any atom is -0.457 e. The van der Waals surface area contributed by atoms with Gasteiger partial charge in [0.1, 0.15) is 11.5 Å². The molecule has 4 rings (SSSR count). The fourth-order valence-electron chi connectivity index (χ4n) is 2.58. The Hall–Kier alpha value is -3.88. The SMILES string of the molecule is O=c1[nH][nH]c(=O)c2cc(Oc3ccc4c(=O)[nH][nH]c(=O)c4c3)ccc12. The topological polar surface area (TPSA) is 141 Å². The normalized spacial score (nSPS) is 11.0. The highest BCUT2D eigenvalue weighted by atomic mass is 16.5. The summed E-state index contributed by atoms with van der Waals surface area (Å²) in [6, 6.07) is 8.85. The van der Waals surface area contributed by atoms with Gasteiger partial charge in [0, 0.05) is 0 Å². The fourth-order valence-corrected chi connectivity index (χ4v) is 2.58.